The van der Waals surface area contributed by atoms with E-state index < -0.39 is 5.60 Å². The molecule has 5 nitrogen and oxygen atoms in total. The van der Waals surface area contributed by atoms with Crippen LogP contribution in [0.5, 0.6) is 0 Å². The van der Waals surface area contributed by atoms with Gasteiger partial charge in [0, 0.05) is 19.6 Å². The van der Waals surface area contributed by atoms with Crippen molar-refractivity contribution in [2.75, 3.05) is 19.6 Å². The number of aliphatic imine (C=N–C) groups is 1. The number of aliphatic hydroxyl groups is 1. The summed E-state index contributed by atoms with van der Waals surface area (Å²) in [7, 11) is 0. The molecule has 2 aromatic rings. The fraction of sp³-hybridized carbons (Fsp3) is 0.421. The fourth-order valence-electron chi connectivity index (χ4n) is 2.99. The van der Waals surface area contributed by atoms with Crippen LogP contribution in [-0.4, -0.2) is 35.6 Å². The molecule has 0 saturated heterocycles. The van der Waals surface area contributed by atoms with E-state index in [0.29, 0.717) is 5.76 Å². The summed E-state index contributed by atoms with van der Waals surface area (Å²) in [5.41, 5.74) is 1.64. The zero-order valence-corrected chi connectivity index (χ0v) is 14.3. The van der Waals surface area contributed by atoms with Gasteiger partial charge < -0.3 is 19.7 Å². The number of hydrogen-bond acceptors (Lipinski definition) is 3. The molecule has 1 unspecified atom stereocenters. The Morgan fingerprint density at radius 2 is 2.08 bits per heavy atom. The first-order valence-corrected chi connectivity index (χ1v) is 8.46. The third-order valence-corrected chi connectivity index (χ3v) is 4.35. The Morgan fingerprint density at radius 3 is 2.79 bits per heavy atom. The molecule has 24 heavy (non-hydrogen) atoms. The first-order valence-electron chi connectivity index (χ1n) is 8.46. The lowest BCUT2D eigenvalue weighted by molar-refractivity contribution is 0.0434. The molecule has 0 saturated carbocycles. The van der Waals surface area contributed by atoms with Gasteiger partial charge in [-0.15, -0.1) is 0 Å². The molecule has 0 fully saturated rings. The summed E-state index contributed by atoms with van der Waals surface area (Å²) in [5.74, 6) is 1.37. The van der Waals surface area contributed by atoms with E-state index in [0.717, 1.165) is 32.0 Å². The van der Waals surface area contributed by atoms with E-state index in [-0.39, 0.29) is 6.54 Å². The summed E-state index contributed by atoms with van der Waals surface area (Å²) >= 11 is 0. The second-order valence-electron chi connectivity index (χ2n) is 6.36. The van der Waals surface area contributed by atoms with Gasteiger partial charge in [-0.3, -0.25) is 0 Å². The summed E-state index contributed by atoms with van der Waals surface area (Å²) in [6, 6.07) is 12.1. The molecule has 2 heterocycles. The zero-order valence-electron chi connectivity index (χ0n) is 14.3. The van der Waals surface area contributed by atoms with E-state index in [1.165, 1.54) is 11.1 Å². The third-order valence-electron chi connectivity index (χ3n) is 4.35. The van der Waals surface area contributed by atoms with E-state index >= 15 is 0 Å². The van der Waals surface area contributed by atoms with E-state index in [9.17, 15) is 5.11 Å². The molecule has 2 N–H and O–H groups in total. The summed E-state index contributed by atoms with van der Waals surface area (Å²) in [6.45, 7) is 6.58. The van der Waals surface area contributed by atoms with Gasteiger partial charge in [-0.25, -0.2) is 4.99 Å². The highest BCUT2D eigenvalue weighted by Gasteiger charge is 2.27. The number of benzene rings is 1. The lowest BCUT2D eigenvalue weighted by Crippen LogP contribution is -2.44. The molecular formula is C19H25N3O2. The van der Waals surface area contributed by atoms with E-state index in [4.69, 9.17) is 4.42 Å². The van der Waals surface area contributed by atoms with Crippen LogP contribution in [0.2, 0.25) is 0 Å². The van der Waals surface area contributed by atoms with Crippen LogP contribution >= 0.6 is 0 Å². The van der Waals surface area contributed by atoms with Crippen LogP contribution in [0.4, 0.5) is 0 Å². The molecular weight excluding hydrogens is 302 g/mol. The standard InChI is InChI=1S/C19H25N3O2/c1-3-20-18(21-14-19(2,23)17-9-6-12-24-17)22-11-10-15-7-4-5-8-16(15)13-22/h4-9,12,23H,3,10-11,13-14H2,1-2H3,(H,20,21). The van der Waals surface area contributed by atoms with Crippen LogP contribution in [0.25, 0.3) is 0 Å². The second-order valence-corrected chi connectivity index (χ2v) is 6.36. The van der Waals surface area contributed by atoms with E-state index in [2.05, 4.69) is 46.4 Å². The molecule has 1 aliphatic rings. The van der Waals surface area contributed by atoms with Crippen LogP contribution in [0.1, 0.15) is 30.7 Å². The molecule has 1 aliphatic heterocycles. The Hall–Kier alpha value is -2.27. The highest BCUT2D eigenvalue weighted by Crippen LogP contribution is 2.22. The smallest absolute Gasteiger partial charge is 0.194 e. The molecule has 0 aliphatic carbocycles. The number of fused-ring (bicyclic) bond motifs is 1. The maximum absolute atomic E-state index is 10.6. The van der Waals surface area contributed by atoms with Gasteiger partial charge in [0.25, 0.3) is 0 Å². The van der Waals surface area contributed by atoms with Gasteiger partial charge in [0.05, 0.1) is 12.8 Å². The Labute approximate surface area is 143 Å². The van der Waals surface area contributed by atoms with Crippen LogP contribution < -0.4 is 5.32 Å². The third kappa shape index (κ3) is 3.62. The molecule has 0 amide bonds. The van der Waals surface area contributed by atoms with Gasteiger partial charge in [-0.05, 0) is 43.5 Å². The number of nitrogens with one attached hydrogen (secondary N) is 1. The van der Waals surface area contributed by atoms with Gasteiger partial charge in [0.15, 0.2) is 5.96 Å². The van der Waals surface area contributed by atoms with Crippen molar-refractivity contribution in [2.24, 2.45) is 4.99 Å². The van der Waals surface area contributed by atoms with Crippen molar-refractivity contribution in [3.05, 3.63) is 59.5 Å². The minimum Gasteiger partial charge on any atom is -0.466 e. The van der Waals surface area contributed by atoms with Crippen LogP contribution in [-0.2, 0) is 18.6 Å². The molecule has 1 aromatic carbocycles. The maximum atomic E-state index is 10.6. The Balaban J connectivity index is 1.75. The van der Waals surface area contributed by atoms with Crippen molar-refractivity contribution in [3.8, 4) is 0 Å². The summed E-state index contributed by atoms with van der Waals surface area (Å²) in [5, 5.41) is 13.9. The predicted molar refractivity (Wildman–Crippen MR) is 94.8 cm³/mol. The fourth-order valence-corrected chi connectivity index (χ4v) is 2.99. The van der Waals surface area contributed by atoms with E-state index in [1.54, 1.807) is 25.3 Å². The van der Waals surface area contributed by atoms with Crippen LogP contribution in [0.3, 0.4) is 0 Å². The molecule has 0 bridgehead atoms. The van der Waals surface area contributed by atoms with Crippen LogP contribution in [0, 0.1) is 0 Å². The van der Waals surface area contributed by atoms with Gasteiger partial charge in [0.1, 0.15) is 11.4 Å². The number of rotatable bonds is 4. The Bertz CT molecular complexity index is 692. The molecule has 3 rings (SSSR count). The zero-order chi connectivity index (χ0) is 17.0. The topological polar surface area (TPSA) is 61.0 Å². The summed E-state index contributed by atoms with van der Waals surface area (Å²) < 4.78 is 5.33. The number of guanidine groups is 1. The van der Waals surface area contributed by atoms with Crippen LogP contribution in [0.15, 0.2) is 52.1 Å². The predicted octanol–water partition coefficient (Wildman–Crippen LogP) is 2.51. The molecule has 5 heteroatoms. The molecule has 1 atom stereocenters. The first kappa shape index (κ1) is 16.6. The van der Waals surface area contributed by atoms with Gasteiger partial charge in [-0.2, -0.15) is 0 Å². The maximum Gasteiger partial charge on any atom is 0.194 e. The Morgan fingerprint density at radius 1 is 1.29 bits per heavy atom. The van der Waals surface area contributed by atoms with Crippen molar-refractivity contribution < 1.29 is 9.52 Å². The molecule has 0 radical (unpaired) electrons. The quantitative estimate of drug-likeness (QED) is 0.669. The monoisotopic (exact) mass is 327 g/mol. The number of hydrogen-bond donors (Lipinski definition) is 2. The largest absolute Gasteiger partial charge is 0.466 e. The summed E-state index contributed by atoms with van der Waals surface area (Å²) in [4.78, 5) is 6.90. The first-order chi connectivity index (χ1) is 11.6. The lowest BCUT2D eigenvalue weighted by atomic mass is 10.0. The number of nitrogens with zero attached hydrogens (tertiary/aromatic N) is 2. The average molecular weight is 327 g/mol. The normalized spacial score (nSPS) is 17.3. The van der Waals surface area contributed by atoms with Crippen molar-refractivity contribution in [1.29, 1.82) is 0 Å². The van der Waals surface area contributed by atoms with Gasteiger partial charge in [0.2, 0.25) is 0 Å². The minimum absolute atomic E-state index is 0.251. The molecule has 1 aromatic heterocycles. The van der Waals surface area contributed by atoms with Crippen molar-refractivity contribution in [1.82, 2.24) is 10.2 Å². The average Bonchev–Trinajstić information content (AvgIpc) is 3.14. The second kappa shape index (κ2) is 7.09. The molecule has 0 spiro atoms. The van der Waals surface area contributed by atoms with Gasteiger partial charge >= 0.3 is 0 Å². The van der Waals surface area contributed by atoms with Crippen molar-refractivity contribution >= 4 is 5.96 Å². The summed E-state index contributed by atoms with van der Waals surface area (Å²) in [6.07, 6.45) is 2.58. The lowest BCUT2D eigenvalue weighted by Gasteiger charge is -2.32. The van der Waals surface area contributed by atoms with E-state index in [1.807, 2.05) is 0 Å². The van der Waals surface area contributed by atoms with Gasteiger partial charge in [-0.1, -0.05) is 24.3 Å². The van der Waals surface area contributed by atoms with Crippen molar-refractivity contribution in [3.63, 3.8) is 0 Å². The molecule has 128 valence electrons. The number of furan rings is 1. The highest BCUT2D eigenvalue weighted by atomic mass is 16.4. The minimum atomic E-state index is -1.11. The Kier molecular flexibility index (Phi) is 4.90. The van der Waals surface area contributed by atoms with Crippen molar-refractivity contribution in [2.45, 2.75) is 32.4 Å². The highest BCUT2D eigenvalue weighted by molar-refractivity contribution is 5.80. The SMILES string of the molecule is CCNC(=NCC(C)(O)c1ccco1)N1CCc2ccccc2C1.